The molecule has 0 aromatic carbocycles. The molecule has 0 saturated carbocycles. The normalized spacial score (nSPS) is 10.4. The number of hydrogen-bond acceptors (Lipinski definition) is 5. The monoisotopic (exact) mass is 246 g/mol. The molecule has 0 radical (unpaired) electrons. The summed E-state index contributed by atoms with van der Waals surface area (Å²) in [7, 11) is 0. The van der Waals surface area contributed by atoms with E-state index in [9.17, 15) is 4.79 Å². The molecule has 0 aliphatic carbocycles. The summed E-state index contributed by atoms with van der Waals surface area (Å²) in [6, 6.07) is 3.70. The lowest BCUT2D eigenvalue weighted by atomic mass is 10.2. The molecule has 2 heterocycles. The third-order valence-electron chi connectivity index (χ3n) is 2.46. The molecule has 0 aliphatic rings. The summed E-state index contributed by atoms with van der Waals surface area (Å²) in [5.41, 5.74) is 1.36. The van der Waals surface area contributed by atoms with Crippen LogP contribution < -0.4 is 5.32 Å². The molecule has 18 heavy (non-hydrogen) atoms. The molecule has 0 aliphatic heterocycles. The summed E-state index contributed by atoms with van der Waals surface area (Å²) in [6.07, 6.45) is 4.90. The molecule has 0 bridgehead atoms. The van der Waals surface area contributed by atoms with E-state index in [4.69, 9.17) is 5.11 Å². The molecule has 2 aromatic rings. The van der Waals surface area contributed by atoms with E-state index in [1.807, 2.05) is 12.1 Å². The van der Waals surface area contributed by atoms with Gasteiger partial charge in [0.15, 0.2) is 5.65 Å². The molecular formula is C12H14N4O2. The number of unbranched alkanes of at least 4 members (excludes halogenated alkanes) is 1. The summed E-state index contributed by atoms with van der Waals surface area (Å²) in [6.45, 7) is 0.700. The molecular weight excluding hydrogens is 232 g/mol. The summed E-state index contributed by atoms with van der Waals surface area (Å²) in [4.78, 5) is 22.9. The second-order valence-corrected chi connectivity index (χ2v) is 3.87. The van der Waals surface area contributed by atoms with Gasteiger partial charge in [0.05, 0.1) is 0 Å². The Kier molecular flexibility index (Phi) is 4.01. The number of hydrogen-bond donors (Lipinski definition) is 2. The third kappa shape index (κ3) is 3.38. The first-order valence-electron chi connectivity index (χ1n) is 5.79. The van der Waals surface area contributed by atoms with Crippen molar-refractivity contribution in [2.24, 2.45) is 0 Å². The zero-order chi connectivity index (χ0) is 12.8. The van der Waals surface area contributed by atoms with Crippen LogP contribution in [-0.4, -0.2) is 32.6 Å². The summed E-state index contributed by atoms with van der Waals surface area (Å²) in [5, 5.41) is 11.6. The number of nitrogens with one attached hydrogen (secondary N) is 1. The van der Waals surface area contributed by atoms with Gasteiger partial charge in [0.25, 0.3) is 0 Å². The van der Waals surface area contributed by atoms with Crippen molar-refractivity contribution in [3.8, 4) is 0 Å². The highest BCUT2D eigenvalue weighted by atomic mass is 16.4. The summed E-state index contributed by atoms with van der Waals surface area (Å²) >= 11 is 0. The number of carbonyl (C=O) groups is 1. The van der Waals surface area contributed by atoms with Crippen LogP contribution >= 0.6 is 0 Å². The second-order valence-electron chi connectivity index (χ2n) is 3.87. The van der Waals surface area contributed by atoms with Gasteiger partial charge in [-0.3, -0.25) is 9.78 Å². The molecule has 6 nitrogen and oxygen atoms in total. The average molecular weight is 246 g/mol. The van der Waals surface area contributed by atoms with E-state index in [-0.39, 0.29) is 6.42 Å². The van der Waals surface area contributed by atoms with E-state index in [2.05, 4.69) is 20.3 Å². The van der Waals surface area contributed by atoms with Gasteiger partial charge in [-0.2, -0.15) is 0 Å². The van der Waals surface area contributed by atoms with Crippen molar-refractivity contribution in [2.75, 3.05) is 11.9 Å². The van der Waals surface area contributed by atoms with E-state index in [0.717, 1.165) is 17.8 Å². The van der Waals surface area contributed by atoms with Crippen LogP contribution in [0.2, 0.25) is 0 Å². The predicted molar refractivity (Wildman–Crippen MR) is 67.3 cm³/mol. The van der Waals surface area contributed by atoms with E-state index >= 15 is 0 Å². The maximum atomic E-state index is 10.3. The lowest BCUT2D eigenvalue weighted by Crippen LogP contribution is -2.05. The Balaban J connectivity index is 1.86. The fraction of sp³-hybridized carbons (Fsp3) is 0.333. The first kappa shape index (κ1) is 12.2. The summed E-state index contributed by atoms with van der Waals surface area (Å²) in [5.74, 6) is -0.0209. The first-order valence-corrected chi connectivity index (χ1v) is 5.79. The topological polar surface area (TPSA) is 88.0 Å². The van der Waals surface area contributed by atoms with Gasteiger partial charge in [0.1, 0.15) is 11.3 Å². The maximum absolute atomic E-state index is 10.3. The highest BCUT2D eigenvalue weighted by Gasteiger charge is 2.00. The Morgan fingerprint density at radius 3 is 2.89 bits per heavy atom. The molecule has 6 heteroatoms. The van der Waals surface area contributed by atoms with E-state index < -0.39 is 5.97 Å². The van der Waals surface area contributed by atoms with E-state index in [1.165, 1.54) is 0 Å². The standard InChI is InChI=1S/C12H14N4O2/c17-11(18)3-1-2-6-14-10-5-4-9-12(16-10)15-8-7-13-9/h4-5,7-8H,1-3,6H2,(H,17,18)(H,14,15,16). The highest BCUT2D eigenvalue weighted by Crippen LogP contribution is 2.10. The molecule has 0 amide bonds. The molecule has 2 rings (SSSR count). The molecule has 0 spiro atoms. The largest absolute Gasteiger partial charge is 0.481 e. The van der Waals surface area contributed by atoms with Crippen molar-refractivity contribution in [3.63, 3.8) is 0 Å². The van der Waals surface area contributed by atoms with Gasteiger partial charge in [-0.15, -0.1) is 0 Å². The number of rotatable bonds is 6. The number of aromatic nitrogens is 3. The quantitative estimate of drug-likeness (QED) is 0.754. The maximum Gasteiger partial charge on any atom is 0.303 e. The van der Waals surface area contributed by atoms with Gasteiger partial charge in [-0.1, -0.05) is 0 Å². The van der Waals surface area contributed by atoms with Gasteiger partial charge in [0.2, 0.25) is 0 Å². The number of pyridine rings is 1. The lowest BCUT2D eigenvalue weighted by Gasteiger charge is -2.05. The van der Waals surface area contributed by atoms with Crippen LogP contribution in [0.15, 0.2) is 24.5 Å². The van der Waals surface area contributed by atoms with Gasteiger partial charge in [0, 0.05) is 25.4 Å². The second kappa shape index (κ2) is 5.90. The molecule has 0 saturated heterocycles. The van der Waals surface area contributed by atoms with Crippen molar-refractivity contribution in [2.45, 2.75) is 19.3 Å². The molecule has 94 valence electrons. The number of nitrogens with zero attached hydrogens (tertiary/aromatic N) is 3. The Labute approximate surface area is 104 Å². The molecule has 0 atom stereocenters. The Morgan fingerprint density at radius 2 is 2.06 bits per heavy atom. The third-order valence-corrected chi connectivity index (χ3v) is 2.46. The smallest absolute Gasteiger partial charge is 0.303 e. The minimum Gasteiger partial charge on any atom is -0.481 e. The van der Waals surface area contributed by atoms with Crippen LogP contribution in [-0.2, 0) is 4.79 Å². The molecule has 0 fully saturated rings. The Morgan fingerprint density at radius 1 is 1.22 bits per heavy atom. The molecule has 2 aromatic heterocycles. The van der Waals surface area contributed by atoms with E-state index in [0.29, 0.717) is 18.6 Å². The van der Waals surface area contributed by atoms with Crippen molar-refractivity contribution in [1.82, 2.24) is 15.0 Å². The van der Waals surface area contributed by atoms with Gasteiger partial charge >= 0.3 is 5.97 Å². The number of carboxylic acid groups (broad SMARTS) is 1. The van der Waals surface area contributed by atoms with E-state index in [1.54, 1.807) is 12.4 Å². The zero-order valence-corrected chi connectivity index (χ0v) is 9.83. The van der Waals surface area contributed by atoms with Crippen molar-refractivity contribution in [3.05, 3.63) is 24.5 Å². The predicted octanol–water partition coefficient (Wildman–Crippen LogP) is 1.69. The number of anilines is 1. The van der Waals surface area contributed by atoms with Crippen LogP contribution in [0.4, 0.5) is 5.82 Å². The Bertz CT molecular complexity index is 544. The number of aliphatic carboxylic acids is 1. The average Bonchev–Trinajstić information content (AvgIpc) is 2.38. The minimum absolute atomic E-state index is 0.207. The van der Waals surface area contributed by atoms with Crippen LogP contribution in [0, 0.1) is 0 Å². The van der Waals surface area contributed by atoms with Crippen molar-refractivity contribution < 1.29 is 9.90 Å². The van der Waals surface area contributed by atoms with Crippen LogP contribution in [0.25, 0.3) is 11.2 Å². The van der Waals surface area contributed by atoms with Crippen molar-refractivity contribution in [1.29, 1.82) is 0 Å². The van der Waals surface area contributed by atoms with Crippen LogP contribution in [0.1, 0.15) is 19.3 Å². The highest BCUT2D eigenvalue weighted by molar-refractivity contribution is 5.71. The van der Waals surface area contributed by atoms with Crippen molar-refractivity contribution >= 4 is 23.0 Å². The summed E-state index contributed by atoms with van der Waals surface area (Å²) < 4.78 is 0. The minimum atomic E-state index is -0.755. The van der Waals surface area contributed by atoms with Crippen LogP contribution in [0.3, 0.4) is 0 Å². The fourth-order valence-electron chi connectivity index (χ4n) is 1.57. The zero-order valence-electron chi connectivity index (χ0n) is 9.83. The van der Waals surface area contributed by atoms with Gasteiger partial charge in [-0.05, 0) is 25.0 Å². The fourth-order valence-corrected chi connectivity index (χ4v) is 1.57. The molecule has 0 unspecified atom stereocenters. The van der Waals surface area contributed by atoms with Crippen LogP contribution in [0.5, 0.6) is 0 Å². The molecule has 2 N–H and O–H groups in total. The SMILES string of the molecule is O=C(O)CCCCNc1ccc2nccnc2n1. The number of fused-ring (bicyclic) bond motifs is 1. The van der Waals surface area contributed by atoms with Gasteiger partial charge < -0.3 is 10.4 Å². The first-order chi connectivity index (χ1) is 8.75. The Hall–Kier alpha value is -2.24. The lowest BCUT2D eigenvalue weighted by molar-refractivity contribution is -0.137. The number of carboxylic acids is 1. The van der Waals surface area contributed by atoms with Gasteiger partial charge in [-0.25, -0.2) is 9.97 Å².